The number of amides is 1. The van der Waals surface area contributed by atoms with Crippen LogP contribution >= 0.6 is 11.3 Å². The number of benzene rings is 2. The Bertz CT molecular complexity index is 1810. The number of nitrogens with one attached hydrogen (secondary N) is 3. The Morgan fingerprint density at radius 1 is 1.15 bits per heavy atom. The van der Waals surface area contributed by atoms with Crippen LogP contribution in [0.2, 0.25) is 0 Å². The van der Waals surface area contributed by atoms with E-state index in [1.54, 1.807) is 6.20 Å². The lowest BCUT2D eigenvalue weighted by atomic mass is 9.99. The van der Waals surface area contributed by atoms with Gasteiger partial charge in [-0.1, -0.05) is 18.2 Å². The SMILES string of the molecule is O=C(Nc1cc(-c2cccc3[nH]ccc23)cc2[nH]ncc12)c1csc(CN2CCC(c3cccnc3)C2)n1.O=CO. The smallest absolute Gasteiger partial charge is 0.290 e. The van der Waals surface area contributed by atoms with E-state index in [1.807, 2.05) is 42.2 Å². The summed E-state index contributed by atoms with van der Waals surface area (Å²) in [5.41, 5.74) is 6.44. The molecule has 1 unspecified atom stereocenters. The number of carbonyl (C=O) groups is 2. The van der Waals surface area contributed by atoms with Gasteiger partial charge in [-0.3, -0.25) is 24.6 Å². The lowest BCUT2D eigenvalue weighted by Gasteiger charge is -2.14. The molecule has 206 valence electrons. The molecular weight excluding hydrogens is 538 g/mol. The maximum atomic E-state index is 13.3. The van der Waals surface area contributed by atoms with Crippen LogP contribution < -0.4 is 5.32 Å². The minimum absolute atomic E-state index is 0.221. The van der Waals surface area contributed by atoms with Crippen molar-refractivity contribution in [2.45, 2.75) is 18.9 Å². The first kappa shape index (κ1) is 26.4. The predicted octanol–water partition coefficient (Wildman–Crippen LogP) is 5.51. The van der Waals surface area contributed by atoms with Crippen molar-refractivity contribution in [2.24, 2.45) is 0 Å². The van der Waals surface area contributed by atoms with Gasteiger partial charge in [-0.05, 0) is 65.9 Å². The van der Waals surface area contributed by atoms with Gasteiger partial charge in [-0.2, -0.15) is 5.10 Å². The molecule has 41 heavy (non-hydrogen) atoms. The van der Waals surface area contributed by atoms with Crippen molar-refractivity contribution in [3.63, 3.8) is 0 Å². The fourth-order valence-electron chi connectivity index (χ4n) is 5.38. The fourth-order valence-corrected chi connectivity index (χ4v) is 6.19. The number of H-pyrrole nitrogens is 2. The molecule has 1 aliphatic rings. The second-order valence-electron chi connectivity index (χ2n) is 9.79. The highest BCUT2D eigenvalue weighted by Gasteiger charge is 2.25. The molecule has 1 amide bonds. The maximum Gasteiger partial charge on any atom is 0.290 e. The summed E-state index contributed by atoms with van der Waals surface area (Å²) >= 11 is 1.53. The van der Waals surface area contributed by atoms with Crippen molar-refractivity contribution in [1.29, 1.82) is 0 Å². The standard InChI is InChI=1S/C29H25N7OS.CH2O2/c37-29(27-17-38-28(33-27)16-36-10-7-19(15-36)18-3-2-8-30-13-18)34-25-11-20(12-26-23(25)14-32-35-26)21-4-1-5-24-22(21)6-9-31-24;2-1-3/h1-6,8-9,11-14,17,19,31H,7,10,15-16H2,(H,32,35)(H,34,37);1H,(H,2,3). The molecule has 6 aromatic rings. The Morgan fingerprint density at radius 3 is 2.90 bits per heavy atom. The molecule has 1 fully saturated rings. The van der Waals surface area contributed by atoms with Gasteiger partial charge in [0.15, 0.2) is 0 Å². The van der Waals surface area contributed by atoms with Crippen LogP contribution in [0.15, 0.2) is 78.7 Å². The zero-order chi connectivity index (χ0) is 28.2. The second kappa shape index (κ2) is 11.7. The number of aromatic amines is 2. The number of anilines is 1. The van der Waals surface area contributed by atoms with Crippen molar-refractivity contribution in [3.05, 3.63) is 95.0 Å². The zero-order valence-electron chi connectivity index (χ0n) is 21.9. The predicted molar refractivity (Wildman–Crippen MR) is 159 cm³/mol. The fraction of sp³-hybridized carbons (Fsp3) is 0.167. The Morgan fingerprint density at radius 2 is 2.05 bits per heavy atom. The van der Waals surface area contributed by atoms with Crippen LogP contribution in [0.4, 0.5) is 5.69 Å². The van der Waals surface area contributed by atoms with Crippen molar-refractivity contribution >= 4 is 51.2 Å². The van der Waals surface area contributed by atoms with Crippen LogP contribution in [0, 0.1) is 0 Å². The molecule has 4 aromatic heterocycles. The first-order valence-corrected chi connectivity index (χ1v) is 14.0. The number of rotatable bonds is 6. The van der Waals surface area contributed by atoms with Crippen molar-refractivity contribution in [2.75, 3.05) is 18.4 Å². The molecule has 0 aliphatic carbocycles. The summed E-state index contributed by atoms with van der Waals surface area (Å²) in [6.45, 7) is 2.49. The lowest BCUT2D eigenvalue weighted by Crippen LogP contribution is -2.20. The third kappa shape index (κ3) is 5.58. The summed E-state index contributed by atoms with van der Waals surface area (Å²) in [4.78, 5) is 36.2. The molecule has 11 heteroatoms. The summed E-state index contributed by atoms with van der Waals surface area (Å²) in [6.07, 6.45) is 8.56. The molecule has 0 spiro atoms. The van der Waals surface area contributed by atoms with Gasteiger partial charge in [-0.25, -0.2) is 4.98 Å². The normalized spacial score (nSPS) is 15.1. The molecule has 1 atom stereocenters. The van der Waals surface area contributed by atoms with Gasteiger partial charge in [0.05, 0.1) is 23.9 Å². The summed E-state index contributed by atoms with van der Waals surface area (Å²) < 4.78 is 0. The van der Waals surface area contributed by atoms with Crippen molar-refractivity contribution in [3.8, 4) is 11.1 Å². The van der Waals surface area contributed by atoms with E-state index in [9.17, 15) is 4.79 Å². The third-order valence-electron chi connectivity index (χ3n) is 7.28. The average Bonchev–Trinajstić information content (AvgIpc) is 3.81. The van der Waals surface area contributed by atoms with Crippen molar-refractivity contribution in [1.82, 2.24) is 30.0 Å². The third-order valence-corrected chi connectivity index (χ3v) is 8.12. The molecule has 0 saturated carbocycles. The van der Waals surface area contributed by atoms with Crippen molar-refractivity contribution < 1.29 is 14.7 Å². The maximum absolute atomic E-state index is 13.3. The zero-order valence-corrected chi connectivity index (χ0v) is 22.8. The average molecular weight is 566 g/mol. The van der Waals surface area contributed by atoms with Gasteiger partial charge in [0, 0.05) is 46.8 Å². The summed E-state index contributed by atoms with van der Waals surface area (Å²) in [5, 5.41) is 22.0. The van der Waals surface area contributed by atoms with Gasteiger partial charge in [-0.15, -0.1) is 11.3 Å². The number of aromatic nitrogens is 5. The van der Waals surface area contributed by atoms with Crippen LogP contribution in [0.25, 0.3) is 32.9 Å². The monoisotopic (exact) mass is 565 g/mol. The number of likely N-dealkylation sites (tertiary alicyclic amines) is 1. The Kier molecular flexibility index (Phi) is 7.52. The molecule has 1 saturated heterocycles. The second-order valence-corrected chi connectivity index (χ2v) is 10.7. The Hall–Kier alpha value is -4.87. The van der Waals surface area contributed by atoms with Crippen LogP contribution in [-0.2, 0) is 11.3 Å². The van der Waals surface area contributed by atoms with Gasteiger partial charge in [0.2, 0.25) is 0 Å². The highest BCUT2D eigenvalue weighted by atomic mass is 32.1. The van der Waals surface area contributed by atoms with E-state index in [0.29, 0.717) is 17.3 Å². The topological polar surface area (TPSA) is 140 Å². The number of thiazole rings is 1. The van der Waals surface area contributed by atoms with E-state index >= 15 is 0 Å². The molecule has 4 N–H and O–H groups in total. The number of nitrogens with zero attached hydrogens (tertiary/aromatic N) is 4. The largest absolute Gasteiger partial charge is 0.483 e. The van der Waals surface area contributed by atoms with E-state index in [0.717, 1.165) is 64.0 Å². The Labute approximate surface area is 239 Å². The summed E-state index contributed by atoms with van der Waals surface area (Å²) in [6, 6.07) is 16.5. The quantitative estimate of drug-likeness (QED) is 0.195. The van der Waals surface area contributed by atoms with Gasteiger partial charge >= 0.3 is 0 Å². The van der Waals surface area contributed by atoms with E-state index in [2.05, 4.69) is 65.7 Å². The van der Waals surface area contributed by atoms with Crippen LogP contribution in [-0.4, -0.2) is 60.6 Å². The molecule has 2 aromatic carbocycles. The number of carbonyl (C=O) groups excluding carboxylic acids is 1. The van der Waals surface area contributed by atoms with Gasteiger partial charge < -0.3 is 15.4 Å². The summed E-state index contributed by atoms with van der Waals surface area (Å²) in [7, 11) is 0. The van der Waals surface area contributed by atoms with E-state index in [4.69, 9.17) is 9.90 Å². The first-order valence-electron chi connectivity index (χ1n) is 13.1. The minimum Gasteiger partial charge on any atom is -0.483 e. The van der Waals surface area contributed by atoms with E-state index in [-0.39, 0.29) is 12.4 Å². The molecule has 10 nitrogen and oxygen atoms in total. The molecule has 5 heterocycles. The number of pyridine rings is 1. The summed E-state index contributed by atoms with van der Waals surface area (Å²) in [5.74, 6) is 0.273. The molecular formula is C30H27N7O3S. The van der Waals surface area contributed by atoms with Crippen LogP contribution in [0.3, 0.4) is 0 Å². The Balaban J connectivity index is 0.000000967. The van der Waals surface area contributed by atoms with Crippen LogP contribution in [0.5, 0.6) is 0 Å². The van der Waals surface area contributed by atoms with Gasteiger partial charge in [0.1, 0.15) is 10.7 Å². The molecule has 0 radical (unpaired) electrons. The van der Waals surface area contributed by atoms with Crippen LogP contribution in [0.1, 0.15) is 33.4 Å². The number of fused-ring (bicyclic) bond motifs is 2. The van der Waals surface area contributed by atoms with E-state index < -0.39 is 0 Å². The van der Waals surface area contributed by atoms with Gasteiger partial charge in [0.25, 0.3) is 12.4 Å². The highest BCUT2D eigenvalue weighted by Crippen LogP contribution is 2.34. The molecule has 0 bridgehead atoms. The van der Waals surface area contributed by atoms with E-state index in [1.165, 1.54) is 16.9 Å². The lowest BCUT2D eigenvalue weighted by molar-refractivity contribution is -0.122. The minimum atomic E-state index is -0.250. The highest BCUT2D eigenvalue weighted by molar-refractivity contribution is 7.09. The number of hydrogen-bond donors (Lipinski definition) is 4. The molecule has 1 aliphatic heterocycles. The number of carboxylic acid groups (broad SMARTS) is 1. The first-order chi connectivity index (χ1) is 20.1. The molecule has 7 rings (SSSR count). The number of hydrogen-bond acceptors (Lipinski definition) is 7.